The highest BCUT2D eigenvalue weighted by molar-refractivity contribution is 6.07. The van der Waals surface area contributed by atoms with E-state index < -0.39 is 0 Å². The normalized spacial score (nSPS) is 27.9. The Kier molecular flexibility index (Phi) is 2.67. The van der Waals surface area contributed by atoms with Gasteiger partial charge in [0.05, 0.1) is 0 Å². The van der Waals surface area contributed by atoms with Crippen molar-refractivity contribution in [3.63, 3.8) is 0 Å². The molecule has 0 fully saturated rings. The van der Waals surface area contributed by atoms with Crippen LogP contribution in [-0.4, -0.2) is 0 Å². The lowest BCUT2D eigenvalue weighted by Gasteiger charge is -2.09. The van der Waals surface area contributed by atoms with Crippen molar-refractivity contribution in [2.75, 3.05) is 0 Å². The fourth-order valence-electron chi connectivity index (χ4n) is 3.16. The molecule has 1 aromatic rings. The number of fused-ring (bicyclic) bond motifs is 2. The fourth-order valence-corrected chi connectivity index (χ4v) is 3.16. The molecule has 0 atom stereocenters. The fraction of sp³-hybridized carbons (Fsp3) is 0.100. The van der Waals surface area contributed by atoms with Crippen LogP contribution in [0.4, 0.5) is 0 Å². The van der Waals surface area contributed by atoms with E-state index in [2.05, 4.69) is 72.9 Å². The predicted octanol–water partition coefficient (Wildman–Crippen LogP) is 5.33. The van der Waals surface area contributed by atoms with Gasteiger partial charge in [-0.25, -0.2) is 0 Å². The third-order valence-corrected chi connectivity index (χ3v) is 4.07. The van der Waals surface area contributed by atoms with Crippen LogP contribution < -0.4 is 0 Å². The lowest BCUT2D eigenvalue weighted by atomic mass is 9.95. The highest BCUT2D eigenvalue weighted by Gasteiger charge is 2.25. The Hall–Kier alpha value is -2.34. The SMILES string of the molecule is C1=C\C=C2C3=C(/C=C\CC/C=C\3)c3cccc(c3\2)\C=C/1. The van der Waals surface area contributed by atoms with Crippen LogP contribution in [0.1, 0.15) is 29.5 Å². The Morgan fingerprint density at radius 2 is 1.60 bits per heavy atom. The number of rotatable bonds is 0. The summed E-state index contributed by atoms with van der Waals surface area (Å²) >= 11 is 0. The first-order chi connectivity index (χ1) is 9.95. The minimum absolute atomic E-state index is 1.12. The summed E-state index contributed by atoms with van der Waals surface area (Å²) in [5.74, 6) is 0. The van der Waals surface area contributed by atoms with Gasteiger partial charge in [-0.3, -0.25) is 0 Å². The highest BCUT2D eigenvalue weighted by atomic mass is 14.3. The van der Waals surface area contributed by atoms with Crippen LogP contribution in [0.25, 0.3) is 17.2 Å². The molecule has 0 unspecified atom stereocenters. The molecule has 0 spiro atoms. The maximum absolute atomic E-state index is 2.30. The minimum atomic E-state index is 1.12. The van der Waals surface area contributed by atoms with E-state index in [1.807, 2.05) is 0 Å². The van der Waals surface area contributed by atoms with Crippen molar-refractivity contribution in [2.45, 2.75) is 12.8 Å². The van der Waals surface area contributed by atoms with Crippen LogP contribution >= 0.6 is 0 Å². The summed E-state index contributed by atoms with van der Waals surface area (Å²) in [5, 5.41) is 0. The molecule has 0 heterocycles. The molecule has 0 N–H and O–H groups in total. The van der Waals surface area contributed by atoms with Gasteiger partial charge in [-0.05, 0) is 46.3 Å². The van der Waals surface area contributed by atoms with E-state index in [0.717, 1.165) is 12.8 Å². The van der Waals surface area contributed by atoms with Crippen LogP contribution in [0.2, 0.25) is 0 Å². The van der Waals surface area contributed by atoms with Crippen molar-refractivity contribution in [2.24, 2.45) is 0 Å². The van der Waals surface area contributed by atoms with Crippen molar-refractivity contribution in [1.29, 1.82) is 0 Å². The van der Waals surface area contributed by atoms with Gasteiger partial charge in [-0.15, -0.1) is 0 Å². The highest BCUT2D eigenvalue weighted by Crippen LogP contribution is 2.45. The second-order valence-corrected chi connectivity index (χ2v) is 5.30. The molecule has 0 saturated carbocycles. The Bertz CT molecular complexity index is 746. The van der Waals surface area contributed by atoms with Crippen molar-refractivity contribution < 1.29 is 0 Å². The van der Waals surface area contributed by atoms with Crippen molar-refractivity contribution in [3.8, 4) is 0 Å². The van der Waals surface area contributed by atoms with Gasteiger partial charge in [0, 0.05) is 0 Å². The molecule has 0 nitrogen and oxygen atoms in total. The lowest BCUT2D eigenvalue weighted by molar-refractivity contribution is 1.05. The van der Waals surface area contributed by atoms with Crippen LogP contribution in [-0.2, 0) is 0 Å². The molecule has 0 heteroatoms. The lowest BCUT2D eigenvalue weighted by Crippen LogP contribution is -1.89. The van der Waals surface area contributed by atoms with Gasteiger partial charge in [0.25, 0.3) is 0 Å². The van der Waals surface area contributed by atoms with E-state index in [1.54, 1.807) is 0 Å². The van der Waals surface area contributed by atoms with Crippen LogP contribution in [0.15, 0.2) is 72.4 Å². The molecule has 0 amide bonds. The van der Waals surface area contributed by atoms with Gasteiger partial charge in [-0.2, -0.15) is 0 Å². The van der Waals surface area contributed by atoms with Crippen molar-refractivity contribution in [3.05, 3.63) is 89.1 Å². The number of hydrogen-bond acceptors (Lipinski definition) is 0. The summed E-state index contributed by atoms with van der Waals surface area (Å²) in [6.45, 7) is 0. The zero-order valence-corrected chi connectivity index (χ0v) is 11.3. The summed E-state index contributed by atoms with van der Waals surface area (Å²) in [6.07, 6.45) is 22.2. The second-order valence-electron chi connectivity index (χ2n) is 5.30. The molecule has 96 valence electrons. The van der Waals surface area contributed by atoms with E-state index in [-0.39, 0.29) is 0 Å². The molecule has 4 rings (SSSR count). The Labute approximate surface area is 119 Å². The van der Waals surface area contributed by atoms with Gasteiger partial charge < -0.3 is 0 Å². The first-order valence-corrected chi connectivity index (χ1v) is 7.22. The molecule has 3 aliphatic carbocycles. The Balaban J connectivity index is 2.06. The van der Waals surface area contributed by atoms with Gasteiger partial charge in [0.2, 0.25) is 0 Å². The van der Waals surface area contributed by atoms with Gasteiger partial charge in [-0.1, -0.05) is 72.9 Å². The second kappa shape index (κ2) is 4.64. The van der Waals surface area contributed by atoms with E-state index >= 15 is 0 Å². The quantitative estimate of drug-likeness (QED) is 0.589. The number of allylic oxidation sites excluding steroid dienone is 11. The molecule has 0 aliphatic heterocycles. The van der Waals surface area contributed by atoms with Crippen LogP contribution in [0.3, 0.4) is 0 Å². The predicted molar refractivity (Wildman–Crippen MR) is 87.0 cm³/mol. The monoisotopic (exact) mass is 256 g/mol. The zero-order chi connectivity index (χ0) is 13.4. The van der Waals surface area contributed by atoms with Gasteiger partial charge in [0.1, 0.15) is 0 Å². The van der Waals surface area contributed by atoms with Crippen molar-refractivity contribution >= 4 is 17.2 Å². The molecular weight excluding hydrogens is 240 g/mol. The summed E-state index contributed by atoms with van der Waals surface area (Å²) < 4.78 is 0. The standard InChI is InChI=1S/C20H16/c1-2-6-12-17-16(11-5-1)18-13-7-3-4-9-15-10-8-14-19(17)20(15)18/h3-14H,1-2H2/b4-3?,7-3-,9-4-,11-5-,12-6-,13-7?,15-9?,18-13-. The molecule has 0 bridgehead atoms. The van der Waals surface area contributed by atoms with E-state index in [0.29, 0.717) is 0 Å². The van der Waals surface area contributed by atoms with Crippen molar-refractivity contribution in [1.82, 2.24) is 0 Å². The average molecular weight is 256 g/mol. The Morgan fingerprint density at radius 3 is 2.50 bits per heavy atom. The molecule has 0 radical (unpaired) electrons. The topological polar surface area (TPSA) is 0 Å². The van der Waals surface area contributed by atoms with Gasteiger partial charge >= 0.3 is 0 Å². The Morgan fingerprint density at radius 1 is 0.750 bits per heavy atom. The molecule has 3 aliphatic rings. The summed E-state index contributed by atoms with van der Waals surface area (Å²) in [5.41, 5.74) is 8.15. The average Bonchev–Trinajstić information content (AvgIpc) is 2.68. The van der Waals surface area contributed by atoms with Gasteiger partial charge in [0.15, 0.2) is 0 Å². The van der Waals surface area contributed by atoms with E-state index in [4.69, 9.17) is 0 Å². The molecule has 1 aromatic carbocycles. The molecule has 20 heavy (non-hydrogen) atoms. The third-order valence-electron chi connectivity index (χ3n) is 4.07. The van der Waals surface area contributed by atoms with E-state index in [9.17, 15) is 0 Å². The number of hydrogen-bond donors (Lipinski definition) is 0. The first-order valence-electron chi connectivity index (χ1n) is 7.22. The molecule has 0 aromatic heterocycles. The van der Waals surface area contributed by atoms with Crippen LogP contribution in [0.5, 0.6) is 0 Å². The largest absolute Gasteiger partial charge is 0.0836 e. The third kappa shape index (κ3) is 1.69. The summed E-state index contributed by atoms with van der Waals surface area (Å²) in [4.78, 5) is 0. The maximum atomic E-state index is 2.30. The first kappa shape index (κ1) is 11.5. The molecular formula is C20H16. The van der Waals surface area contributed by atoms with Crippen LogP contribution in [0, 0.1) is 0 Å². The summed E-state index contributed by atoms with van der Waals surface area (Å²) in [6, 6.07) is 6.61. The van der Waals surface area contributed by atoms with E-state index in [1.165, 1.54) is 33.4 Å². The smallest absolute Gasteiger partial charge is 0.00264 e. The number of benzene rings is 1. The summed E-state index contributed by atoms with van der Waals surface area (Å²) in [7, 11) is 0. The molecule has 0 saturated heterocycles. The maximum Gasteiger partial charge on any atom is -0.00264 e. The zero-order valence-electron chi connectivity index (χ0n) is 11.3. The minimum Gasteiger partial charge on any atom is -0.0836 e.